The van der Waals surface area contributed by atoms with Crippen molar-refractivity contribution in [2.45, 2.75) is 57.3 Å². The number of carboxylic acids is 1. The zero-order valence-corrected chi connectivity index (χ0v) is 13.4. The van der Waals surface area contributed by atoms with Crippen molar-refractivity contribution in [2.24, 2.45) is 17.3 Å². The molecule has 0 heterocycles. The Labute approximate surface area is 137 Å². The summed E-state index contributed by atoms with van der Waals surface area (Å²) >= 11 is 0. The maximum atomic E-state index is 11.2. The van der Waals surface area contributed by atoms with Crippen LogP contribution in [0.3, 0.4) is 0 Å². The summed E-state index contributed by atoms with van der Waals surface area (Å²) in [6.07, 6.45) is 9.03. The lowest BCUT2D eigenvalue weighted by molar-refractivity contribution is 0.0479. The average Bonchev–Trinajstić information content (AvgIpc) is 2.98. The molecule has 0 unspecified atom stereocenters. The summed E-state index contributed by atoms with van der Waals surface area (Å²) in [6, 6.07) is 8.20. The van der Waals surface area contributed by atoms with E-state index in [1.165, 1.54) is 49.7 Å². The molecule has 3 nitrogen and oxygen atoms in total. The molecule has 1 aromatic rings. The van der Waals surface area contributed by atoms with Gasteiger partial charge in [0.1, 0.15) is 0 Å². The van der Waals surface area contributed by atoms with Crippen molar-refractivity contribution < 1.29 is 9.90 Å². The molecule has 0 radical (unpaired) electrons. The summed E-state index contributed by atoms with van der Waals surface area (Å²) in [5.41, 5.74) is 3.34. The predicted molar refractivity (Wildman–Crippen MR) is 87.2 cm³/mol. The van der Waals surface area contributed by atoms with Crippen LogP contribution in [0, 0.1) is 28.6 Å². The molecule has 4 atom stereocenters. The predicted octanol–water partition coefficient (Wildman–Crippen LogP) is 4.52. The van der Waals surface area contributed by atoms with Crippen molar-refractivity contribution in [2.75, 3.05) is 0 Å². The highest BCUT2D eigenvalue weighted by molar-refractivity contribution is 5.88. The Kier molecular flexibility index (Phi) is 3.44. The highest BCUT2D eigenvalue weighted by Crippen LogP contribution is 2.62. The van der Waals surface area contributed by atoms with E-state index in [-0.39, 0.29) is 5.41 Å². The van der Waals surface area contributed by atoms with Crippen LogP contribution in [0.15, 0.2) is 18.2 Å². The van der Waals surface area contributed by atoms with Crippen LogP contribution in [-0.4, -0.2) is 11.1 Å². The number of aromatic carboxylic acids is 1. The highest BCUT2D eigenvalue weighted by Gasteiger charge is 2.52. The molecule has 1 N–H and O–H groups in total. The van der Waals surface area contributed by atoms with Crippen LogP contribution in [0.2, 0.25) is 0 Å². The van der Waals surface area contributed by atoms with Gasteiger partial charge in [0, 0.05) is 6.42 Å². The van der Waals surface area contributed by atoms with E-state index in [0.29, 0.717) is 23.3 Å². The van der Waals surface area contributed by atoms with Crippen molar-refractivity contribution >= 4 is 5.97 Å². The van der Waals surface area contributed by atoms with Gasteiger partial charge < -0.3 is 5.11 Å². The van der Waals surface area contributed by atoms with Gasteiger partial charge in [-0.3, -0.25) is 0 Å². The fraction of sp³-hybridized carbons (Fsp3) is 0.600. The third-order valence-corrected chi connectivity index (χ3v) is 6.93. The first kappa shape index (κ1) is 14.8. The van der Waals surface area contributed by atoms with Gasteiger partial charge in [-0.15, -0.1) is 0 Å². The van der Waals surface area contributed by atoms with Crippen molar-refractivity contribution in [1.82, 2.24) is 0 Å². The van der Waals surface area contributed by atoms with Gasteiger partial charge in [-0.2, -0.15) is 5.26 Å². The molecule has 0 aliphatic heterocycles. The fourth-order valence-corrected chi connectivity index (χ4v) is 5.97. The molecule has 4 rings (SSSR count). The lowest BCUT2D eigenvalue weighted by Gasteiger charge is -2.50. The summed E-state index contributed by atoms with van der Waals surface area (Å²) in [5, 5.41) is 18.5. The van der Waals surface area contributed by atoms with Crippen LogP contribution in [0.4, 0.5) is 0 Å². The number of carbonyl (C=O) groups is 1. The lowest BCUT2D eigenvalue weighted by atomic mass is 9.54. The number of rotatable bonds is 2. The molecule has 3 heteroatoms. The first-order valence-corrected chi connectivity index (χ1v) is 8.88. The third-order valence-electron chi connectivity index (χ3n) is 6.93. The Morgan fingerprint density at radius 3 is 2.96 bits per heavy atom. The number of carboxylic acid groups (broad SMARTS) is 1. The molecule has 2 fully saturated rings. The highest BCUT2D eigenvalue weighted by atomic mass is 16.4. The number of benzene rings is 1. The summed E-state index contributed by atoms with van der Waals surface area (Å²) in [5.74, 6) is 1.15. The largest absolute Gasteiger partial charge is 0.478 e. The number of fused-ring (bicyclic) bond motifs is 5. The van der Waals surface area contributed by atoms with E-state index in [0.717, 1.165) is 12.8 Å². The minimum Gasteiger partial charge on any atom is -0.478 e. The van der Waals surface area contributed by atoms with Gasteiger partial charge in [0.2, 0.25) is 0 Å². The Morgan fingerprint density at radius 1 is 1.30 bits per heavy atom. The minimum absolute atomic E-state index is 0.286. The van der Waals surface area contributed by atoms with Crippen LogP contribution in [-0.2, 0) is 6.42 Å². The van der Waals surface area contributed by atoms with Crippen molar-refractivity contribution in [3.63, 3.8) is 0 Å². The van der Waals surface area contributed by atoms with Crippen LogP contribution in [0.5, 0.6) is 0 Å². The third kappa shape index (κ3) is 2.19. The number of nitrogens with zero attached hydrogens (tertiary/aromatic N) is 1. The SMILES string of the molecule is N#CC[C@@]12CCC[C@H]1[C@@H]1CCc3cc(C(=O)O)ccc3[C@H]1CC2. The van der Waals surface area contributed by atoms with E-state index >= 15 is 0 Å². The molecule has 2 saturated carbocycles. The van der Waals surface area contributed by atoms with Crippen LogP contribution in [0.25, 0.3) is 0 Å². The van der Waals surface area contributed by atoms with E-state index in [4.69, 9.17) is 0 Å². The van der Waals surface area contributed by atoms with E-state index < -0.39 is 5.97 Å². The Bertz CT molecular complexity index is 689. The van der Waals surface area contributed by atoms with Crippen LogP contribution >= 0.6 is 0 Å². The Hall–Kier alpha value is -1.82. The van der Waals surface area contributed by atoms with Crippen molar-refractivity contribution in [1.29, 1.82) is 5.26 Å². The average molecular weight is 309 g/mol. The second kappa shape index (κ2) is 5.37. The Morgan fingerprint density at radius 2 is 2.17 bits per heavy atom. The van der Waals surface area contributed by atoms with Crippen LogP contribution in [0.1, 0.15) is 72.3 Å². The van der Waals surface area contributed by atoms with Gasteiger partial charge in [-0.1, -0.05) is 12.5 Å². The molecule has 23 heavy (non-hydrogen) atoms. The standard InChI is InChI=1S/C20H23NO2/c21-11-10-20-8-1-2-18(20)17-6-3-13-12-14(19(22)23)4-5-15(13)16(17)7-9-20/h4-5,12,16-18H,1-3,6-10H2,(H,22,23)/t16-,17-,18+,20+/m1/s1. The molecule has 0 amide bonds. The normalized spacial score (nSPS) is 34.8. The van der Waals surface area contributed by atoms with Gasteiger partial charge in [-0.05, 0) is 85.0 Å². The summed E-state index contributed by atoms with van der Waals surface area (Å²) in [7, 11) is 0. The molecule has 1 aromatic carbocycles. The second-order valence-electron chi connectivity index (χ2n) is 7.76. The zero-order valence-electron chi connectivity index (χ0n) is 13.4. The molecule has 3 aliphatic rings. The van der Waals surface area contributed by atoms with E-state index in [9.17, 15) is 15.2 Å². The molecule has 0 saturated heterocycles. The first-order chi connectivity index (χ1) is 11.1. The molecule has 0 aromatic heterocycles. The number of nitriles is 1. The second-order valence-corrected chi connectivity index (χ2v) is 7.76. The van der Waals surface area contributed by atoms with Gasteiger partial charge >= 0.3 is 5.97 Å². The molecular formula is C20H23NO2. The molecular weight excluding hydrogens is 286 g/mol. The quantitative estimate of drug-likeness (QED) is 0.873. The van der Waals surface area contributed by atoms with E-state index in [1.54, 1.807) is 6.07 Å². The van der Waals surface area contributed by atoms with Gasteiger partial charge in [0.05, 0.1) is 11.6 Å². The smallest absolute Gasteiger partial charge is 0.335 e. The van der Waals surface area contributed by atoms with E-state index in [2.05, 4.69) is 12.1 Å². The zero-order chi connectivity index (χ0) is 16.0. The summed E-state index contributed by atoms with van der Waals surface area (Å²) in [6.45, 7) is 0. The van der Waals surface area contributed by atoms with E-state index in [1.807, 2.05) is 6.07 Å². The molecule has 0 bridgehead atoms. The Balaban J connectivity index is 1.67. The maximum Gasteiger partial charge on any atom is 0.335 e. The van der Waals surface area contributed by atoms with Gasteiger partial charge in [-0.25, -0.2) is 4.79 Å². The monoisotopic (exact) mass is 309 g/mol. The minimum atomic E-state index is -0.831. The van der Waals surface area contributed by atoms with Crippen molar-refractivity contribution in [3.8, 4) is 6.07 Å². The molecule has 120 valence electrons. The van der Waals surface area contributed by atoms with Gasteiger partial charge in [0.25, 0.3) is 0 Å². The first-order valence-electron chi connectivity index (χ1n) is 8.88. The number of hydrogen-bond acceptors (Lipinski definition) is 2. The lowest BCUT2D eigenvalue weighted by Crippen LogP contribution is -2.41. The van der Waals surface area contributed by atoms with Gasteiger partial charge in [0.15, 0.2) is 0 Å². The summed E-state index contributed by atoms with van der Waals surface area (Å²) in [4.78, 5) is 11.2. The topological polar surface area (TPSA) is 61.1 Å². The van der Waals surface area contributed by atoms with Crippen LogP contribution < -0.4 is 0 Å². The number of hydrogen-bond donors (Lipinski definition) is 1. The fourth-order valence-electron chi connectivity index (χ4n) is 5.97. The summed E-state index contributed by atoms with van der Waals surface area (Å²) < 4.78 is 0. The molecule has 3 aliphatic carbocycles. The maximum absolute atomic E-state index is 11.2. The number of aryl methyl sites for hydroxylation is 1. The molecule has 0 spiro atoms. The van der Waals surface area contributed by atoms with Crippen molar-refractivity contribution in [3.05, 3.63) is 34.9 Å².